The van der Waals surface area contributed by atoms with Crippen molar-refractivity contribution in [2.45, 2.75) is 84.9 Å². The molecule has 0 aromatic carbocycles. The van der Waals surface area contributed by atoms with Gasteiger partial charge in [0.05, 0.1) is 0 Å². The quantitative estimate of drug-likeness (QED) is 0.848. The van der Waals surface area contributed by atoms with E-state index in [0.717, 1.165) is 18.9 Å². The van der Waals surface area contributed by atoms with Gasteiger partial charge in [-0.3, -0.25) is 4.90 Å². The van der Waals surface area contributed by atoms with Crippen LogP contribution >= 0.6 is 0 Å². The Morgan fingerprint density at radius 2 is 1.78 bits per heavy atom. The molecule has 4 nitrogen and oxygen atoms in total. The molecule has 1 heterocycles. The van der Waals surface area contributed by atoms with Gasteiger partial charge in [-0.05, 0) is 64.7 Å². The predicted octanol–water partition coefficient (Wildman–Crippen LogP) is 4.05. The van der Waals surface area contributed by atoms with E-state index in [1.807, 2.05) is 20.8 Å². The molecule has 1 aliphatic heterocycles. The number of hydrogen-bond acceptors (Lipinski definition) is 3. The van der Waals surface area contributed by atoms with Gasteiger partial charge in [0.1, 0.15) is 5.60 Å². The second-order valence-corrected chi connectivity index (χ2v) is 8.97. The third-order valence-electron chi connectivity index (χ3n) is 5.58. The lowest BCUT2D eigenvalue weighted by molar-refractivity contribution is 0.0253. The molecule has 134 valence electrons. The van der Waals surface area contributed by atoms with Crippen LogP contribution < -0.4 is 5.32 Å². The Hall–Kier alpha value is -0.770. The smallest absolute Gasteiger partial charge is 0.407 e. The maximum atomic E-state index is 12.1. The summed E-state index contributed by atoms with van der Waals surface area (Å²) in [7, 11) is 0. The molecule has 0 radical (unpaired) electrons. The van der Waals surface area contributed by atoms with Gasteiger partial charge in [-0.15, -0.1) is 0 Å². The van der Waals surface area contributed by atoms with Crippen molar-refractivity contribution in [1.29, 1.82) is 0 Å². The highest BCUT2D eigenvalue weighted by Gasteiger charge is 2.36. The van der Waals surface area contributed by atoms with Crippen LogP contribution in [0, 0.1) is 17.8 Å². The zero-order chi connectivity index (χ0) is 17.2. The Balaban J connectivity index is 1.96. The molecule has 1 saturated heterocycles. The molecule has 0 aromatic heterocycles. The molecular formula is C19H36N2O2. The van der Waals surface area contributed by atoms with E-state index in [1.165, 1.54) is 25.8 Å². The molecular weight excluding hydrogens is 288 g/mol. The van der Waals surface area contributed by atoms with Crippen molar-refractivity contribution in [2.75, 3.05) is 13.1 Å². The summed E-state index contributed by atoms with van der Waals surface area (Å²) in [5, 5.41) is 3.12. The van der Waals surface area contributed by atoms with Crippen LogP contribution in [0.2, 0.25) is 0 Å². The minimum atomic E-state index is -0.435. The summed E-state index contributed by atoms with van der Waals surface area (Å²) in [4.78, 5) is 14.7. The molecule has 3 atom stereocenters. The van der Waals surface area contributed by atoms with E-state index < -0.39 is 5.60 Å². The molecule has 3 unspecified atom stereocenters. The van der Waals surface area contributed by atoms with Crippen molar-refractivity contribution in [3.8, 4) is 0 Å². The van der Waals surface area contributed by atoms with E-state index in [2.05, 4.69) is 31.0 Å². The zero-order valence-corrected chi connectivity index (χ0v) is 15.9. The molecule has 0 bridgehead atoms. The van der Waals surface area contributed by atoms with Crippen LogP contribution in [0.5, 0.6) is 0 Å². The fourth-order valence-corrected chi connectivity index (χ4v) is 3.79. The molecule has 4 heteroatoms. The van der Waals surface area contributed by atoms with Gasteiger partial charge in [0.25, 0.3) is 0 Å². The Morgan fingerprint density at radius 1 is 1.13 bits per heavy atom. The number of carbonyl (C=O) groups excluding carboxylic acids is 1. The number of amides is 1. The summed E-state index contributed by atoms with van der Waals surface area (Å²) in [6.07, 6.45) is 4.91. The molecule has 2 fully saturated rings. The van der Waals surface area contributed by atoms with E-state index >= 15 is 0 Å². The molecule has 1 N–H and O–H groups in total. The van der Waals surface area contributed by atoms with Crippen LogP contribution in [-0.4, -0.2) is 41.8 Å². The monoisotopic (exact) mass is 324 g/mol. The van der Waals surface area contributed by atoms with Crippen molar-refractivity contribution in [1.82, 2.24) is 10.2 Å². The molecule has 0 aromatic rings. The average Bonchev–Trinajstić information content (AvgIpc) is 2.33. The Morgan fingerprint density at radius 3 is 2.26 bits per heavy atom. The molecule has 1 saturated carbocycles. The highest BCUT2D eigenvalue weighted by Crippen LogP contribution is 2.35. The van der Waals surface area contributed by atoms with E-state index in [4.69, 9.17) is 4.74 Å². The predicted molar refractivity (Wildman–Crippen MR) is 94.5 cm³/mol. The summed E-state index contributed by atoms with van der Waals surface area (Å²) in [5.74, 6) is 2.14. The summed E-state index contributed by atoms with van der Waals surface area (Å²) in [6.45, 7) is 14.8. The number of hydrogen-bond donors (Lipinski definition) is 1. The molecule has 2 aliphatic rings. The third kappa shape index (κ3) is 5.37. The van der Waals surface area contributed by atoms with Crippen LogP contribution in [0.3, 0.4) is 0 Å². The van der Waals surface area contributed by atoms with E-state index in [1.54, 1.807) is 0 Å². The van der Waals surface area contributed by atoms with Crippen molar-refractivity contribution < 1.29 is 9.53 Å². The molecule has 23 heavy (non-hydrogen) atoms. The minimum Gasteiger partial charge on any atom is -0.444 e. The number of rotatable bonds is 4. The Kier molecular flexibility index (Phi) is 5.99. The van der Waals surface area contributed by atoms with Gasteiger partial charge in [-0.25, -0.2) is 4.79 Å². The number of alkyl carbamates (subject to hydrolysis) is 1. The van der Waals surface area contributed by atoms with Gasteiger partial charge in [-0.1, -0.05) is 20.3 Å². The lowest BCUT2D eigenvalue weighted by Crippen LogP contribution is -2.56. The van der Waals surface area contributed by atoms with Crippen LogP contribution in [0.25, 0.3) is 0 Å². The molecule has 0 spiro atoms. The number of nitrogens with zero attached hydrogens (tertiary/aromatic N) is 1. The topological polar surface area (TPSA) is 41.6 Å². The highest BCUT2D eigenvalue weighted by atomic mass is 16.6. The van der Waals surface area contributed by atoms with Crippen molar-refractivity contribution in [2.24, 2.45) is 17.8 Å². The summed E-state index contributed by atoms with van der Waals surface area (Å²) in [6, 6.07) is 0.835. The first-order valence-electron chi connectivity index (χ1n) is 9.39. The molecule has 1 aliphatic carbocycles. The molecule has 1 amide bonds. The average molecular weight is 325 g/mol. The van der Waals surface area contributed by atoms with Gasteiger partial charge in [0, 0.05) is 25.2 Å². The normalized spacial score (nSPS) is 28.3. The summed E-state index contributed by atoms with van der Waals surface area (Å²) < 4.78 is 5.44. The van der Waals surface area contributed by atoms with Gasteiger partial charge in [-0.2, -0.15) is 0 Å². The summed E-state index contributed by atoms with van der Waals surface area (Å²) in [5.41, 5.74) is -0.435. The fourth-order valence-electron chi connectivity index (χ4n) is 3.79. The second kappa shape index (κ2) is 7.42. The third-order valence-corrected chi connectivity index (χ3v) is 5.58. The van der Waals surface area contributed by atoms with Crippen molar-refractivity contribution >= 4 is 6.09 Å². The SMILES string of the molecule is CC(C)C1CC(NC(=O)OC(C)(C)C)CN(C(C)C2CCC2)C1. The first-order chi connectivity index (χ1) is 10.7. The van der Waals surface area contributed by atoms with Gasteiger partial charge >= 0.3 is 6.09 Å². The van der Waals surface area contributed by atoms with E-state index in [0.29, 0.717) is 17.9 Å². The first-order valence-corrected chi connectivity index (χ1v) is 9.39. The Labute approximate surface area is 142 Å². The van der Waals surface area contributed by atoms with Crippen LogP contribution in [0.15, 0.2) is 0 Å². The van der Waals surface area contributed by atoms with Gasteiger partial charge in [0.2, 0.25) is 0 Å². The number of piperidine rings is 1. The van der Waals surface area contributed by atoms with Crippen molar-refractivity contribution in [3.05, 3.63) is 0 Å². The lowest BCUT2D eigenvalue weighted by Gasteiger charge is -2.46. The van der Waals surface area contributed by atoms with E-state index in [9.17, 15) is 4.79 Å². The largest absolute Gasteiger partial charge is 0.444 e. The first kappa shape index (κ1) is 18.6. The standard InChI is InChI=1S/C19H36N2O2/c1-13(2)16-10-17(20-18(22)23-19(4,5)6)12-21(11-16)14(3)15-8-7-9-15/h13-17H,7-12H2,1-6H3,(H,20,22). The lowest BCUT2D eigenvalue weighted by atomic mass is 9.77. The van der Waals surface area contributed by atoms with Crippen molar-refractivity contribution in [3.63, 3.8) is 0 Å². The number of ether oxygens (including phenoxy) is 1. The van der Waals surface area contributed by atoms with Gasteiger partial charge < -0.3 is 10.1 Å². The minimum absolute atomic E-state index is 0.202. The van der Waals surface area contributed by atoms with Crippen LogP contribution in [0.4, 0.5) is 4.79 Å². The van der Waals surface area contributed by atoms with E-state index in [-0.39, 0.29) is 12.1 Å². The fraction of sp³-hybridized carbons (Fsp3) is 0.947. The number of likely N-dealkylation sites (tertiary alicyclic amines) is 1. The highest BCUT2D eigenvalue weighted by molar-refractivity contribution is 5.68. The van der Waals surface area contributed by atoms with Crippen LogP contribution in [-0.2, 0) is 4.74 Å². The van der Waals surface area contributed by atoms with Crippen LogP contribution in [0.1, 0.15) is 67.2 Å². The number of nitrogens with one attached hydrogen (secondary N) is 1. The maximum absolute atomic E-state index is 12.1. The second-order valence-electron chi connectivity index (χ2n) is 8.97. The maximum Gasteiger partial charge on any atom is 0.407 e. The zero-order valence-electron chi connectivity index (χ0n) is 15.9. The van der Waals surface area contributed by atoms with Gasteiger partial charge in [0.15, 0.2) is 0 Å². The Bertz CT molecular complexity index is 399. The number of carbonyl (C=O) groups is 1. The molecule has 2 rings (SSSR count). The summed E-state index contributed by atoms with van der Waals surface area (Å²) >= 11 is 0.